The van der Waals surface area contributed by atoms with Gasteiger partial charge in [-0.25, -0.2) is 0 Å². The molecule has 0 spiro atoms. The molecule has 2 nitrogen and oxygen atoms in total. The number of nitrogens with two attached hydrogens (primary N) is 1. The molecule has 0 bridgehead atoms. The first kappa shape index (κ1) is 10.9. The Labute approximate surface area is 89.3 Å². The highest BCUT2D eigenvalue weighted by molar-refractivity contribution is 6.25. The average Bonchev–Trinajstić information content (AvgIpc) is 2.19. The zero-order valence-corrected chi connectivity index (χ0v) is 9.14. The number of nitrogen functional groups attached to an aromatic ring is 1. The normalized spacial score (nSPS) is 11.5. The van der Waals surface area contributed by atoms with Crippen molar-refractivity contribution in [3.63, 3.8) is 0 Å². The van der Waals surface area contributed by atoms with Crippen molar-refractivity contribution in [2.24, 2.45) is 0 Å². The summed E-state index contributed by atoms with van der Waals surface area (Å²) >= 11 is 5.52. The van der Waals surface area contributed by atoms with Gasteiger partial charge < -0.3 is 10.5 Å². The van der Waals surface area contributed by atoms with E-state index in [9.17, 15) is 0 Å². The van der Waals surface area contributed by atoms with Gasteiger partial charge in [-0.2, -0.15) is 0 Å². The standard InChI is InChI=1S/C11H14ClNO/c1-8(6-12)7-14-11-5-10(13)4-3-9(11)2/h3-6H,7,13H2,1-2H3/b8-6-. The Kier molecular flexibility index (Phi) is 3.84. The van der Waals surface area contributed by atoms with E-state index in [4.69, 9.17) is 22.1 Å². The van der Waals surface area contributed by atoms with Gasteiger partial charge >= 0.3 is 0 Å². The van der Waals surface area contributed by atoms with E-state index in [-0.39, 0.29) is 0 Å². The molecular formula is C11H14ClNO. The first-order chi connectivity index (χ1) is 6.63. The van der Waals surface area contributed by atoms with Gasteiger partial charge in [0.15, 0.2) is 0 Å². The van der Waals surface area contributed by atoms with Crippen LogP contribution in [0.1, 0.15) is 12.5 Å². The van der Waals surface area contributed by atoms with E-state index >= 15 is 0 Å². The van der Waals surface area contributed by atoms with Crippen LogP contribution in [0.5, 0.6) is 5.75 Å². The molecule has 0 unspecified atom stereocenters. The fourth-order valence-corrected chi connectivity index (χ4v) is 1.06. The number of ether oxygens (including phenoxy) is 1. The van der Waals surface area contributed by atoms with Crippen LogP contribution in [0.25, 0.3) is 0 Å². The summed E-state index contributed by atoms with van der Waals surface area (Å²) in [5.74, 6) is 0.808. The Morgan fingerprint density at radius 3 is 2.93 bits per heavy atom. The minimum Gasteiger partial charge on any atom is -0.489 e. The van der Waals surface area contributed by atoms with Gasteiger partial charge in [-0.05, 0) is 31.1 Å². The quantitative estimate of drug-likeness (QED) is 0.780. The van der Waals surface area contributed by atoms with Crippen LogP contribution in [0.3, 0.4) is 0 Å². The number of halogens is 1. The van der Waals surface area contributed by atoms with Crippen molar-refractivity contribution in [1.82, 2.24) is 0 Å². The van der Waals surface area contributed by atoms with Crippen LogP contribution in [-0.4, -0.2) is 6.61 Å². The van der Waals surface area contributed by atoms with Crippen molar-refractivity contribution in [2.75, 3.05) is 12.3 Å². The lowest BCUT2D eigenvalue weighted by atomic mass is 10.2. The molecule has 1 aromatic rings. The summed E-state index contributed by atoms with van der Waals surface area (Å²) in [4.78, 5) is 0. The van der Waals surface area contributed by atoms with Gasteiger partial charge in [-0.3, -0.25) is 0 Å². The first-order valence-electron chi connectivity index (χ1n) is 4.38. The molecule has 3 heteroatoms. The number of hydrogen-bond acceptors (Lipinski definition) is 2. The lowest BCUT2D eigenvalue weighted by Gasteiger charge is -2.09. The van der Waals surface area contributed by atoms with E-state index in [1.165, 1.54) is 5.54 Å². The van der Waals surface area contributed by atoms with E-state index in [1.807, 2.05) is 32.0 Å². The number of rotatable bonds is 3. The summed E-state index contributed by atoms with van der Waals surface area (Å²) in [5, 5.41) is 0. The smallest absolute Gasteiger partial charge is 0.124 e. The SMILES string of the molecule is C/C(=C/Cl)COc1cc(N)ccc1C. The lowest BCUT2D eigenvalue weighted by molar-refractivity contribution is 0.350. The Balaban J connectivity index is 2.71. The molecule has 0 atom stereocenters. The Bertz CT molecular complexity index is 347. The summed E-state index contributed by atoms with van der Waals surface area (Å²) in [6, 6.07) is 5.60. The zero-order chi connectivity index (χ0) is 10.6. The van der Waals surface area contributed by atoms with Gasteiger partial charge in [0.2, 0.25) is 0 Å². The molecule has 76 valence electrons. The van der Waals surface area contributed by atoms with E-state index in [2.05, 4.69) is 0 Å². The molecule has 0 aliphatic carbocycles. The van der Waals surface area contributed by atoms with Crippen LogP contribution in [0.2, 0.25) is 0 Å². The van der Waals surface area contributed by atoms with Crippen molar-refractivity contribution in [1.29, 1.82) is 0 Å². The second kappa shape index (κ2) is 4.91. The van der Waals surface area contributed by atoms with Crippen molar-refractivity contribution in [3.8, 4) is 5.75 Å². The topological polar surface area (TPSA) is 35.2 Å². The lowest BCUT2D eigenvalue weighted by Crippen LogP contribution is -2.00. The van der Waals surface area contributed by atoms with Gasteiger partial charge in [0.25, 0.3) is 0 Å². The fourth-order valence-electron chi connectivity index (χ4n) is 0.995. The molecule has 14 heavy (non-hydrogen) atoms. The van der Waals surface area contributed by atoms with Crippen LogP contribution >= 0.6 is 11.6 Å². The Morgan fingerprint density at radius 2 is 2.29 bits per heavy atom. The highest BCUT2D eigenvalue weighted by Crippen LogP contribution is 2.21. The molecular weight excluding hydrogens is 198 g/mol. The first-order valence-corrected chi connectivity index (χ1v) is 4.82. The number of aryl methyl sites for hydroxylation is 1. The van der Waals surface area contributed by atoms with Crippen molar-refractivity contribution in [2.45, 2.75) is 13.8 Å². The maximum Gasteiger partial charge on any atom is 0.124 e. The Hall–Kier alpha value is -1.15. The maximum atomic E-state index is 5.65. The molecule has 1 aromatic carbocycles. The highest BCUT2D eigenvalue weighted by Gasteiger charge is 1.99. The summed E-state index contributed by atoms with van der Waals surface area (Å²) < 4.78 is 5.54. The molecule has 0 aromatic heterocycles. The molecule has 2 N–H and O–H groups in total. The maximum absolute atomic E-state index is 5.65. The second-order valence-corrected chi connectivity index (χ2v) is 3.49. The third-order valence-electron chi connectivity index (χ3n) is 1.85. The predicted octanol–water partition coefficient (Wildman–Crippen LogP) is 3.10. The van der Waals surface area contributed by atoms with Crippen LogP contribution in [0.4, 0.5) is 5.69 Å². The molecule has 0 radical (unpaired) electrons. The molecule has 0 aliphatic rings. The van der Waals surface area contributed by atoms with Crippen LogP contribution in [0, 0.1) is 6.92 Å². The zero-order valence-electron chi connectivity index (χ0n) is 8.38. The van der Waals surface area contributed by atoms with Crippen LogP contribution in [-0.2, 0) is 0 Å². The third-order valence-corrected chi connectivity index (χ3v) is 2.23. The molecule has 0 fully saturated rings. The minimum atomic E-state index is 0.494. The summed E-state index contributed by atoms with van der Waals surface area (Å²) in [5.41, 5.74) is 9.92. The van der Waals surface area contributed by atoms with Gasteiger partial charge in [0, 0.05) is 17.3 Å². The largest absolute Gasteiger partial charge is 0.489 e. The second-order valence-electron chi connectivity index (χ2n) is 3.27. The summed E-state index contributed by atoms with van der Waals surface area (Å²) in [6.07, 6.45) is 0. The average molecular weight is 212 g/mol. The van der Waals surface area contributed by atoms with Crippen molar-refractivity contribution >= 4 is 17.3 Å². The van der Waals surface area contributed by atoms with E-state index < -0.39 is 0 Å². The molecule has 1 rings (SSSR count). The third kappa shape index (κ3) is 2.96. The van der Waals surface area contributed by atoms with E-state index in [0.717, 1.165) is 16.9 Å². The number of hydrogen-bond donors (Lipinski definition) is 1. The molecule has 0 aliphatic heterocycles. The monoisotopic (exact) mass is 211 g/mol. The van der Waals surface area contributed by atoms with Gasteiger partial charge in [-0.15, -0.1) is 0 Å². The Morgan fingerprint density at radius 1 is 1.57 bits per heavy atom. The molecule has 0 heterocycles. The summed E-state index contributed by atoms with van der Waals surface area (Å²) in [6.45, 7) is 4.39. The van der Waals surface area contributed by atoms with Crippen LogP contribution < -0.4 is 10.5 Å². The van der Waals surface area contributed by atoms with E-state index in [1.54, 1.807) is 0 Å². The number of benzene rings is 1. The van der Waals surface area contributed by atoms with Crippen LogP contribution in [0.15, 0.2) is 29.3 Å². The molecule has 0 saturated heterocycles. The van der Waals surface area contributed by atoms with Gasteiger partial charge in [-0.1, -0.05) is 17.7 Å². The van der Waals surface area contributed by atoms with Gasteiger partial charge in [0.05, 0.1) is 0 Å². The van der Waals surface area contributed by atoms with Crippen molar-refractivity contribution in [3.05, 3.63) is 34.9 Å². The predicted molar refractivity (Wildman–Crippen MR) is 60.7 cm³/mol. The van der Waals surface area contributed by atoms with Gasteiger partial charge in [0.1, 0.15) is 12.4 Å². The molecule has 0 amide bonds. The fraction of sp³-hybridized carbons (Fsp3) is 0.273. The van der Waals surface area contributed by atoms with E-state index in [0.29, 0.717) is 12.3 Å². The highest BCUT2D eigenvalue weighted by atomic mass is 35.5. The van der Waals surface area contributed by atoms with Crippen molar-refractivity contribution < 1.29 is 4.74 Å². The summed E-state index contributed by atoms with van der Waals surface area (Å²) in [7, 11) is 0. The molecule has 0 saturated carbocycles. The minimum absolute atomic E-state index is 0.494. The number of anilines is 1.